The summed E-state index contributed by atoms with van der Waals surface area (Å²) in [6.07, 6.45) is 0. The monoisotopic (exact) mass is 288 g/mol. The Hall–Kier alpha value is -1.80. The zero-order chi connectivity index (χ0) is 15.0. The molecule has 0 saturated carbocycles. The summed E-state index contributed by atoms with van der Waals surface area (Å²) in [6, 6.07) is 6.97. The Morgan fingerprint density at radius 1 is 1.00 bits per heavy atom. The fourth-order valence-electron chi connectivity index (χ4n) is 2.47. The average Bonchev–Trinajstić information content (AvgIpc) is 2.38. The lowest BCUT2D eigenvalue weighted by molar-refractivity contribution is 0.0697. The second kappa shape index (κ2) is 5.29. The Kier molecular flexibility index (Phi) is 3.87. The number of hydrogen-bond acceptors (Lipinski definition) is 1. The number of carboxylic acids is 1. The van der Waals surface area contributed by atoms with Crippen molar-refractivity contribution in [2.45, 2.75) is 27.7 Å². The minimum atomic E-state index is -0.942. The van der Waals surface area contributed by atoms with Gasteiger partial charge < -0.3 is 5.11 Å². The van der Waals surface area contributed by atoms with Crippen LogP contribution in [0.5, 0.6) is 0 Å². The van der Waals surface area contributed by atoms with Crippen LogP contribution < -0.4 is 0 Å². The zero-order valence-corrected chi connectivity index (χ0v) is 12.8. The van der Waals surface area contributed by atoms with Crippen molar-refractivity contribution in [3.63, 3.8) is 0 Å². The van der Waals surface area contributed by atoms with Crippen molar-refractivity contribution in [3.8, 4) is 11.1 Å². The van der Waals surface area contributed by atoms with Crippen molar-refractivity contribution < 1.29 is 9.90 Å². The molecule has 2 aromatic carbocycles. The molecular weight excluding hydrogens is 272 g/mol. The number of aromatic carboxylic acids is 1. The summed E-state index contributed by atoms with van der Waals surface area (Å²) in [6.45, 7) is 8.20. The minimum Gasteiger partial charge on any atom is -0.478 e. The molecule has 2 aromatic rings. The van der Waals surface area contributed by atoms with Crippen molar-refractivity contribution in [2.75, 3.05) is 0 Å². The van der Waals surface area contributed by atoms with Crippen LogP contribution in [-0.2, 0) is 0 Å². The molecule has 3 heteroatoms. The Morgan fingerprint density at radius 3 is 2.05 bits per heavy atom. The molecule has 1 N–H and O–H groups in total. The Balaban J connectivity index is 2.81. The molecule has 2 rings (SSSR count). The molecule has 20 heavy (non-hydrogen) atoms. The van der Waals surface area contributed by atoms with E-state index in [4.69, 9.17) is 16.7 Å². The summed E-state index contributed by atoms with van der Waals surface area (Å²) in [5.41, 5.74) is 6.71. The molecule has 0 saturated heterocycles. The van der Waals surface area contributed by atoms with E-state index in [1.165, 1.54) is 17.2 Å². The summed E-state index contributed by atoms with van der Waals surface area (Å²) in [5.74, 6) is -0.942. The van der Waals surface area contributed by atoms with E-state index in [0.717, 1.165) is 22.3 Å². The van der Waals surface area contributed by atoms with E-state index in [2.05, 4.69) is 19.9 Å². The molecule has 0 fully saturated rings. The topological polar surface area (TPSA) is 37.3 Å². The number of halogens is 1. The largest absolute Gasteiger partial charge is 0.478 e. The van der Waals surface area contributed by atoms with Gasteiger partial charge in [-0.05, 0) is 73.7 Å². The van der Waals surface area contributed by atoms with Gasteiger partial charge >= 0.3 is 5.97 Å². The predicted octanol–water partition coefficient (Wildman–Crippen LogP) is 4.94. The van der Waals surface area contributed by atoms with Crippen LogP contribution in [0.15, 0.2) is 24.3 Å². The molecule has 0 aliphatic rings. The van der Waals surface area contributed by atoms with Crippen LogP contribution in [0.4, 0.5) is 0 Å². The van der Waals surface area contributed by atoms with Gasteiger partial charge in [0.15, 0.2) is 0 Å². The van der Waals surface area contributed by atoms with E-state index in [-0.39, 0.29) is 5.56 Å². The van der Waals surface area contributed by atoms with E-state index >= 15 is 0 Å². The molecule has 0 bridgehead atoms. The highest BCUT2D eigenvalue weighted by Crippen LogP contribution is 2.36. The number of carbonyl (C=O) groups is 1. The molecule has 104 valence electrons. The van der Waals surface area contributed by atoms with Crippen molar-refractivity contribution >= 4 is 17.6 Å². The summed E-state index contributed by atoms with van der Waals surface area (Å²) >= 11 is 6.29. The molecule has 0 aliphatic carbocycles. The Labute approximate surface area is 124 Å². The summed E-state index contributed by atoms with van der Waals surface area (Å²) in [4.78, 5) is 11.2. The van der Waals surface area contributed by atoms with Crippen LogP contribution in [0.3, 0.4) is 0 Å². The minimum absolute atomic E-state index is 0.252. The number of aryl methyl sites for hydroxylation is 2. The van der Waals surface area contributed by atoms with Crippen LogP contribution >= 0.6 is 11.6 Å². The van der Waals surface area contributed by atoms with Gasteiger partial charge in [0.1, 0.15) is 0 Å². The number of benzene rings is 2. The van der Waals surface area contributed by atoms with Gasteiger partial charge in [0.05, 0.1) is 5.56 Å². The average molecular weight is 289 g/mol. The predicted molar refractivity (Wildman–Crippen MR) is 82.8 cm³/mol. The standard InChI is InChI=1S/C17H17ClO2/c1-9-7-10(2)12(4)16(11(9)3)14-8-13(17(19)20)5-6-15(14)18/h5-8H,1-4H3,(H,19,20). The van der Waals surface area contributed by atoms with Crippen LogP contribution in [0, 0.1) is 27.7 Å². The first kappa shape index (κ1) is 14.6. The molecule has 0 aliphatic heterocycles. The first-order chi connectivity index (χ1) is 9.32. The zero-order valence-electron chi connectivity index (χ0n) is 12.0. The third-order valence-corrected chi connectivity index (χ3v) is 4.18. The summed E-state index contributed by atoms with van der Waals surface area (Å²) < 4.78 is 0. The number of hydrogen-bond donors (Lipinski definition) is 1. The maximum absolute atomic E-state index is 11.2. The van der Waals surface area contributed by atoms with E-state index in [1.54, 1.807) is 12.1 Å². The molecular formula is C17H17ClO2. The van der Waals surface area contributed by atoms with Crippen LogP contribution in [0.2, 0.25) is 5.02 Å². The second-order valence-electron chi connectivity index (χ2n) is 5.14. The van der Waals surface area contributed by atoms with Gasteiger partial charge in [-0.25, -0.2) is 4.79 Å². The number of rotatable bonds is 2. The fraction of sp³-hybridized carbons (Fsp3) is 0.235. The highest BCUT2D eigenvalue weighted by atomic mass is 35.5. The smallest absolute Gasteiger partial charge is 0.335 e. The van der Waals surface area contributed by atoms with Gasteiger partial charge in [0.2, 0.25) is 0 Å². The summed E-state index contributed by atoms with van der Waals surface area (Å²) in [7, 11) is 0. The van der Waals surface area contributed by atoms with Gasteiger partial charge in [0.25, 0.3) is 0 Å². The van der Waals surface area contributed by atoms with Gasteiger partial charge in [-0.1, -0.05) is 17.7 Å². The van der Waals surface area contributed by atoms with Crippen molar-refractivity contribution in [2.24, 2.45) is 0 Å². The van der Waals surface area contributed by atoms with Gasteiger partial charge in [-0.3, -0.25) is 0 Å². The Bertz CT molecular complexity index is 676. The van der Waals surface area contributed by atoms with E-state index in [9.17, 15) is 4.79 Å². The fourth-order valence-corrected chi connectivity index (χ4v) is 2.68. The summed E-state index contributed by atoms with van der Waals surface area (Å²) in [5, 5.41) is 9.73. The van der Waals surface area contributed by atoms with Gasteiger partial charge in [-0.15, -0.1) is 0 Å². The van der Waals surface area contributed by atoms with Crippen LogP contribution in [0.1, 0.15) is 32.6 Å². The maximum atomic E-state index is 11.2. The Morgan fingerprint density at radius 2 is 1.55 bits per heavy atom. The third-order valence-electron chi connectivity index (χ3n) is 3.85. The van der Waals surface area contributed by atoms with E-state index in [0.29, 0.717) is 5.02 Å². The first-order valence-corrected chi connectivity index (χ1v) is 6.81. The molecule has 0 spiro atoms. The van der Waals surface area contributed by atoms with Crippen LogP contribution in [0.25, 0.3) is 11.1 Å². The van der Waals surface area contributed by atoms with E-state index < -0.39 is 5.97 Å². The first-order valence-electron chi connectivity index (χ1n) is 6.43. The van der Waals surface area contributed by atoms with Crippen molar-refractivity contribution in [3.05, 3.63) is 57.1 Å². The van der Waals surface area contributed by atoms with E-state index in [1.807, 2.05) is 13.8 Å². The SMILES string of the molecule is Cc1cc(C)c(C)c(-c2cc(C(=O)O)ccc2Cl)c1C. The highest BCUT2D eigenvalue weighted by Gasteiger charge is 2.15. The van der Waals surface area contributed by atoms with Crippen molar-refractivity contribution in [1.29, 1.82) is 0 Å². The van der Waals surface area contributed by atoms with Gasteiger partial charge in [-0.2, -0.15) is 0 Å². The van der Waals surface area contributed by atoms with Crippen LogP contribution in [-0.4, -0.2) is 11.1 Å². The molecule has 0 unspecified atom stereocenters. The lowest BCUT2D eigenvalue weighted by Gasteiger charge is -2.17. The molecule has 0 amide bonds. The second-order valence-corrected chi connectivity index (χ2v) is 5.54. The molecule has 0 atom stereocenters. The molecule has 0 aromatic heterocycles. The van der Waals surface area contributed by atoms with Gasteiger partial charge in [0, 0.05) is 10.6 Å². The maximum Gasteiger partial charge on any atom is 0.335 e. The molecule has 0 radical (unpaired) electrons. The lowest BCUT2D eigenvalue weighted by Crippen LogP contribution is -1.99. The normalized spacial score (nSPS) is 10.7. The highest BCUT2D eigenvalue weighted by molar-refractivity contribution is 6.33. The number of carboxylic acid groups (broad SMARTS) is 1. The van der Waals surface area contributed by atoms with Crippen molar-refractivity contribution in [1.82, 2.24) is 0 Å². The molecule has 0 heterocycles. The lowest BCUT2D eigenvalue weighted by atomic mass is 9.89. The third kappa shape index (κ3) is 2.44. The quantitative estimate of drug-likeness (QED) is 0.850. The molecule has 2 nitrogen and oxygen atoms in total.